The van der Waals surface area contributed by atoms with Crippen LogP contribution in [0, 0.1) is 13.8 Å². The second-order valence-electron chi connectivity index (χ2n) is 4.57. The van der Waals surface area contributed by atoms with Crippen molar-refractivity contribution < 1.29 is 9.53 Å². The smallest absolute Gasteiger partial charge is 0.411 e. The lowest BCUT2D eigenvalue weighted by Gasteiger charge is -2.12. The van der Waals surface area contributed by atoms with Crippen LogP contribution in [0.5, 0.6) is 0 Å². The van der Waals surface area contributed by atoms with E-state index in [0.717, 1.165) is 11.4 Å². The number of hydrogen-bond donors (Lipinski definition) is 2. The van der Waals surface area contributed by atoms with Crippen molar-refractivity contribution in [2.45, 2.75) is 13.8 Å². The number of methoxy groups -OCH3 is 1. The van der Waals surface area contributed by atoms with Crippen LogP contribution in [0.4, 0.5) is 21.9 Å². The zero-order valence-corrected chi connectivity index (χ0v) is 11.9. The lowest BCUT2D eigenvalue weighted by Crippen LogP contribution is -2.10. The van der Waals surface area contributed by atoms with E-state index in [9.17, 15) is 4.79 Å². The number of ether oxygens (including phenoxy) is 1. The summed E-state index contributed by atoms with van der Waals surface area (Å²) in [5.41, 5.74) is 5.22. The molecule has 0 heterocycles. The Balaban J connectivity index is 2.11. The second kappa shape index (κ2) is 6.10. The fourth-order valence-electron chi connectivity index (χ4n) is 1.85. The molecule has 4 heteroatoms. The van der Waals surface area contributed by atoms with Gasteiger partial charge in [0.1, 0.15) is 0 Å². The maximum absolute atomic E-state index is 11.1. The number of carbonyl (C=O) groups is 1. The van der Waals surface area contributed by atoms with Crippen molar-refractivity contribution in [1.82, 2.24) is 0 Å². The molecule has 0 saturated carbocycles. The molecule has 0 bridgehead atoms. The molecule has 2 aromatic carbocycles. The van der Waals surface area contributed by atoms with Crippen molar-refractivity contribution in [3.63, 3.8) is 0 Å². The first kappa shape index (κ1) is 13.9. The van der Waals surface area contributed by atoms with E-state index in [1.54, 1.807) is 0 Å². The number of hydrogen-bond acceptors (Lipinski definition) is 3. The van der Waals surface area contributed by atoms with Crippen molar-refractivity contribution in [2.75, 3.05) is 17.7 Å². The number of aryl methyl sites for hydroxylation is 1. The van der Waals surface area contributed by atoms with Gasteiger partial charge in [0.2, 0.25) is 0 Å². The minimum absolute atomic E-state index is 0.472. The van der Waals surface area contributed by atoms with E-state index in [1.165, 1.54) is 18.2 Å². The van der Waals surface area contributed by atoms with Gasteiger partial charge in [-0.15, -0.1) is 0 Å². The Morgan fingerprint density at radius 1 is 1.00 bits per heavy atom. The van der Waals surface area contributed by atoms with E-state index in [4.69, 9.17) is 0 Å². The van der Waals surface area contributed by atoms with E-state index in [0.29, 0.717) is 5.69 Å². The molecule has 0 radical (unpaired) electrons. The average Bonchev–Trinajstić information content (AvgIpc) is 2.46. The van der Waals surface area contributed by atoms with Gasteiger partial charge in [0, 0.05) is 17.1 Å². The van der Waals surface area contributed by atoms with Crippen LogP contribution in [-0.2, 0) is 4.74 Å². The summed E-state index contributed by atoms with van der Waals surface area (Å²) >= 11 is 0. The molecule has 0 aliphatic carbocycles. The average molecular weight is 270 g/mol. The highest BCUT2D eigenvalue weighted by atomic mass is 16.5. The monoisotopic (exact) mass is 270 g/mol. The van der Waals surface area contributed by atoms with Crippen LogP contribution in [0.25, 0.3) is 0 Å². The van der Waals surface area contributed by atoms with Gasteiger partial charge in [-0.3, -0.25) is 5.32 Å². The Kier molecular flexibility index (Phi) is 4.25. The van der Waals surface area contributed by atoms with Crippen LogP contribution >= 0.6 is 0 Å². The highest BCUT2D eigenvalue weighted by Gasteiger charge is 2.03. The van der Waals surface area contributed by atoms with Gasteiger partial charge in [0.15, 0.2) is 0 Å². The van der Waals surface area contributed by atoms with Gasteiger partial charge in [-0.25, -0.2) is 4.79 Å². The summed E-state index contributed by atoms with van der Waals surface area (Å²) in [6.07, 6.45) is -0.472. The van der Waals surface area contributed by atoms with Crippen molar-refractivity contribution >= 4 is 23.2 Å². The number of anilines is 3. The summed E-state index contributed by atoms with van der Waals surface area (Å²) in [4.78, 5) is 11.1. The highest BCUT2D eigenvalue weighted by molar-refractivity contribution is 5.84. The quantitative estimate of drug-likeness (QED) is 0.877. The SMILES string of the molecule is COC(=O)Nc1ccc(Nc2cccc(C)c2C)cc1. The molecule has 1 amide bonds. The molecule has 104 valence electrons. The summed E-state index contributed by atoms with van der Waals surface area (Å²) in [7, 11) is 1.34. The lowest BCUT2D eigenvalue weighted by molar-refractivity contribution is 0.187. The van der Waals surface area contributed by atoms with Gasteiger partial charge < -0.3 is 10.1 Å². The number of rotatable bonds is 3. The minimum Gasteiger partial charge on any atom is -0.453 e. The summed E-state index contributed by atoms with van der Waals surface area (Å²) in [5.74, 6) is 0. The molecule has 0 aromatic heterocycles. The first-order valence-electron chi connectivity index (χ1n) is 6.38. The molecule has 2 aromatic rings. The van der Waals surface area contributed by atoms with Gasteiger partial charge in [-0.1, -0.05) is 12.1 Å². The van der Waals surface area contributed by atoms with Crippen molar-refractivity contribution in [3.05, 3.63) is 53.6 Å². The standard InChI is InChI=1S/C16H18N2O2/c1-11-5-4-6-15(12(11)2)17-13-7-9-14(10-8-13)18-16(19)20-3/h4-10,17H,1-3H3,(H,18,19). The molecule has 0 spiro atoms. The molecule has 0 unspecified atom stereocenters. The van der Waals surface area contributed by atoms with Crippen LogP contribution in [0.15, 0.2) is 42.5 Å². The number of carbonyl (C=O) groups excluding carboxylic acids is 1. The molecular weight excluding hydrogens is 252 g/mol. The maximum Gasteiger partial charge on any atom is 0.411 e. The number of benzene rings is 2. The molecule has 0 aliphatic rings. The minimum atomic E-state index is -0.472. The molecular formula is C16H18N2O2. The first-order chi connectivity index (χ1) is 9.60. The van der Waals surface area contributed by atoms with Crippen LogP contribution in [0.1, 0.15) is 11.1 Å². The third kappa shape index (κ3) is 3.29. The van der Waals surface area contributed by atoms with Crippen molar-refractivity contribution in [3.8, 4) is 0 Å². The third-order valence-corrected chi connectivity index (χ3v) is 3.20. The topological polar surface area (TPSA) is 50.4 Å². The Hall–Kier alpha value is -2.49. The fraction of sp³-hybridized carbons (Fsp3) is 0.188. The van der Waals surface area contributed by atoms with E-state index < -0.39 is 6.09 Å². The van der Waals surface area contributed by atoms with Gasteiger partial charge in [-0.2, -0.15) is 0 Å². The zero-order chi connectivity index (χ0) is 14.5. The summed E-state index contributed by atoms with van der Waals surface area (Å²) in [5, 5.41) is 5.98. The van der Waals surface area contributed by atoms with Gasteiger partial charge in [0.05, 0.1) is 7.11 Å². The zero-order valence-electron chi connectivity index (χ0n) is 11.9. The van der Waals surface area contributed by atoms with Gasteiger partial charge in [0.25, 0.3) is 0 Å². The highest BCUT2D eigenvalue weighted by Crippen LogP contribution is 2.23. The van der Waals surface area contributed by atoms with Crippen LogP contribution in [-0.4, -0.2) is 13.2 Å². The molecule has 2 N–H and O–H groups in total. The Bertz CT molecular complexity index is 606. The Labute approximate surface area is 118 Å². The van der Waals surface area contributed by atoms with Crippen LogP contribution < -0.4 is 10.6 Å². The van der Waals surface area contributed by atoms with Crippen molar-refractivity contribution in [2.24, 2.45) is 0 Å². The van der Waals surface area contributed by atoms with E-state index in [2.05, 4.69) is 35.3 Å². The summed E-state index contributed by atoms with van der Waals surface area (Å²) in [6.45, 7) is 4.18. The number of nitrogens with one attached hydrogen (secondary N) is 2. The van der Waals surface area contributed by atoms with Crippen molar-refractivity contribution in [1.29, 1.82) is 0 Å². The molecule has 20 heavy (non-hydrogen) atoms. The van der Waals surface area contributed by atoms with E-state index in [-0.39, 0.29) is 0 Å². The molecule has 2 rings (SSSR count). The van der Waals surface area contributed by atoms with E-state index >= 15 is 0 Å². The van der Waals surface area contributed by atoms with Crippen LogP contribution in [0.2, 0.25) is 0 Å². The summed E-state index contributed by atoms with van der Waals surface area (Å²) < 4.78 is 4.54. The maximum atomic E-state index is 11.1. The van der Waals surface area contributed by atoms with Crippen LogP contribution in [0.3, 0.4) is 0 Å². The Morgan fingerprint density at radius 3 is 2.30 bits per heavy atom. The van der Waals surface area contributed by atoms with Gasteiger partial charge >= 0.3 is 6.09 Å². The van der Waals surface area contributed by atoms with Gasteiger partial charge in [-0.05, 0) is 55.3 Å². The third-order valence-electron chi connectivity index (χ3n) is 3.20. The molecule has 4 nitrogen and oxygen atoms in total. The number of amides is 1. The Morgan fingerprint density at radius 2 is 1.65 bits per heavy atom. The normalized spacial score (nSPS) is 9.95. The summed E-state index contributed by atoms with van der Waals surface area (Å²) in [6, 6.07) is 13.6. The molecule has 0 fully saturated rings. The fourth-order valence-corrected chi connectivity index (χ4v) is 1.85. The molecule has 0 saturated heterocycles. The lowest BCUT2D eigenvalue weighted by atomic mass is 10.1. The molecule has 0 aliphatic heterocycles. The predicted octanol–water partition coefficient (Wildman–Crippen LogP) is 4.23. The largest absolute Gasteiger partial charge is 0.453 e. The first-order valence-corrected chi connectivity index (χ1v) is 6.38. The second-order valence-corrected chi connectivity index (χ2v) is 4.57. The van der Waals surface area contributed by atoms with E-state index in [1.807, 2.05) is 36.4 Å². The predicted molar refractivity (Wildman–Crippen MR) is 81.7 cm³/mol. The molecule has 0 atom stereocenters.